The SMILES string of the molecule is NS(=O)(=O)c1ccc(CCNC(=O)/C=C/C(=O)O)cc1. The molecular weight excluding hydrogens is 284 g/mol. The Hall–Kier alpha value is -2.19. The van der Waals surface area contributed by atoms with Crippen molar-refractivity contribution in [2.75, 3.05) is 6.54 Å². The van der Waals surface area contributed by atoms with Crippen molar-refractivity contribution in [1.82, 2.24) is 5.32 Å². The van der Waals surface area contributed by atoms with E-state index in [2.05, 4.69) is 5.32 Å². The number of hydrogen-bond donors (Lipinski definition) is 3. The summed E-state index contributed by atoms with van der Waals surface area (Å²) in [6, 6.07) is 5.96. The molecular formula is C12H14N2O5S. The molecule has 0 aliphatic heterocycles. The van der Waals surface area contributed by atoms with Crippen LogP contribution in [0.25, 0.3) is 0 Å². The molecule has 0 aliphatic carbocycles. The highest BCUT2D eigenvalue weighted by molar-refractivity contribution is 7.89. The number of sulfonamides is 1. The van der Waals surface area contributed by atoms with Crippen LogP contribution in [0.5, 0.6) is 0 Å². The molecule has 4 N–H and O–H groups in total. The second kappa shape index (κ2) is 6.83. The van der Waals surface area contributed by atoms with Crippen molar-refractivity contribution in [3.8, 4) is 0 Å². The number of carbonyl (C=O) groups excluding carboxylic acids is 1. The molecule has 0 bridgehead atoms. The van der Waals surface area contributed by atoms with E-state index in [0.717, 1.165) is 17.7 Å². The van der Waals surface area contributed by atoms with Crippen molar-refractivity contribution < 1.29 is 23.1 Å². The van der Waals surface area contributed by atoms with Gasteiger partial charge in [-0.25, -0.2) is 18.4 Å². The van der Waals surface area contributed by atoms with Crippen molar-refractivity contribution in [3.05, 3.63) is 42.0 Å². The van der Waals surface area contributed by atoms with Crippen molar-refractivity contribution in [3.63, 3.8) is 0 Å². The first-order chi connectivity index (χ1) is 9.29. The molecule has 0 aromatic heterocycles. The van der Waals surface area contributed by atoms with Crippen LogP contribution >= 0.6 is 0 Å². The summed E-state index contributed by atoms with van der Waals surface area (Å²) in [6.45, 7) is 0.303. The molecule has 1 rings (SSSR count). The van der Waals surface area contributed by atoms with Gasteiger partial charge in [0.2, 0.25) is 15.9 Å². The minimum absolute atomic E-state index is 0.0228. The average Bonchev–Trinajstić information content (AvgIpc) is 2.36. The Morgan fingerprint density at radius 3 is 2.30 bits per heavy atom. The third-order valence-electron chi connectivity index (χ3n) is 2.34. The first-order valence-electron chi connectivity index (χ1n) is 5.59. The van der Waals surface area contributed by atoms with Crippen LogP contribution in [0.15, 0.2) is 41.3 Å². The van der Waals surface area contributed by atoms with Crippen molar-refractivity contribution >= 4 is 21.9 Å². The molecule has 1 amide bonds. The van der Waals surface area contributed by atoms with Crippen LogP contribution in [-0.4, -0.2) is 31.9 Å². The van der Waals surface area contributed by atoms with E-state index in [1.165, 1.54) is 12.1 Å². The van der Waals surface area contributed by atoms with Crippen molar-refractivity contribution in [1.29, 1.82) is 0 Å². The Balaban J connectivity index is 2.47. The molecule has 108 valence electrons. The van der Waals surface area contributed by atoms with E-state index in [1.54, 1.807) is 12.1 Å². The summed E-state index contributed by atoms with van der Waals surface area (Å²) in [5, 5.41) is 15.8. The van der Waals surface area contributed by atoms with E-state index in [4.69, 9.17) is 10.2 Å². The van der Waals surface area contributed by atoms with Gasteiger partial charge in [0.25, 0.3) is 0 Å². The van der Waals surface area contributed by atoms with Gasteiger partial charge in [0.15, 0.2) is 0 Å². The van der Waals surface area contributed by atoms with E-state index >= 15 is 0 Å². The van der Waals surface area contributed by atoms with Gasteiger partial charge in [0.1, 0.15) is 0 Å². The van der Waals surface area contributed by atoms with Gasteiger partial charge in [0.05, 0.1) is 4.90 Å². The van der Waals surface area contributed by atoms with Gasteiger partial charge in [-0.1, -0.05) is 12.1 Å². The van der Waals surface area contributed by atoms with Gasteiger partial charge >= 0.3 is 5.97 Å². The largest absolute Gasteiger partial charge is 0.478 e. The van der Waals surface area contributed by atoms with E-state index in [9.17, 15) is 18.0 Å². The molecule has 0 spiro atoms. The Morgan fingerprint density at radius 1 is 1.20 bits per heavy atom. The third kappa shape index (κ3) is 5.63. The molecule has 0 unspecified atom stereocenters. The summed E-state index contributed by atoms with van der Waals surface area (Å²) in [5.41, 5.74) is 0.819. The van der Waals surface area contributed by atoms with Gasteiger partial charge in [-0.3, -0.25) is 4.79 Å². The van der Waals surface area contributed by atoms with Gasteiger partial charge in [-0.05, 0) is 24.1 Å². The second-order valence-corrected chi connectivity index (χ2v) is 5.46. The number of aliphatic carboxylic acids is 1. The van der Waals surface area contributed by atoms with Crippen LogP contribution in [0.2, 0.25) is 0 Å². The highest BCUT2D eigenvalue weighted by Gasteiger charge is 2.06. The maximum absolute atomic E-state index is 11.2. The van der Waals surface area contributed by atoms with Gasteiger partial charge in [0, 0.05) is 18.7 Å². The van der Waals surface area contributed by atoms with Crippen LogP contribution in [0.4, 0.5) is 0 Å². The second-order valence-electron chi connectivity index (χ2n) is 3.90. The maximum Gasteiger partial charge on any atom is 0.328 e. The van der Waals surface area contributed by atoms with Crippen molar-refractivity contribution in [2.24, 2.45) is 5.14 Å². The molecule has 0 saturated carbocycles. The summed E-state index contributed by atoms with van der Waals surface area (Å²) in [7, 11) is -3.70. The molecule has 20 heavy (non-hydrogen) atoms. The van der Waals surface area contributed by atoms with Crippen LogP contribution in [0.1, 0.15) is 5.56 Å². The van der Waals surface area contributed by atoms with E-state index < -0.39 is 21.9 Å². The number of carboxylic acid groups (broad SMARTS) is 1. The highest BCUT2D eigenvalue weighted by Crippen LogP contribution is 2.08. The zero-order valence-electron chi connectivity index (χ0n) is 10.4. The highest BCUT2D eigenvalue weighted by atomic mass is 32.2. The number of amides is 1. The number of primary sulfonamides is 1. The summed E-state index contributed by atoms with van der Waals surface area (Å²) in [6.07, 6.45) is 2.15. The zero-order chi connectivity index (χ0) is 15.2. The monoisotopic (exact) mass is 298 g/mol. The lowest BCUT2D eigenvalue weighted by atomic mass is 10.1. The van der Waals surface area contributed by atoms with Crippen LogP contribution in [0, 0.1) is 0 Å². The van der Waals surface area contributed by atoms with E-state index in [0.29, 0.717) is 13.0 Å². The lowest BCUT2D eigenvalue weighted by Crippen LogP contribution is -2.23. The van der Waals surface area contributed by atoms with Crippen LogP contribution < -0.4 is 10.5 Å². The summed E-state index contributed by atoms with van der Waals surface area (Å²) < 4.78 is 22.1. The standard InChI is InChI=1S/C12H14N2O5S/c13-20(18,19)10-3-1-9(2-4-10)7-8-14-11(15)5-6-12(16)17/h1-6H,7-8H2,(H,14,15)(H,16,17)(H2,13,18,19)/b6-5+. The Kier molecular flexibility index (Phi) is 5.42. The number of nitrogens with one attached hydrogen (secondary N) is 1. The van der Waals surface area contributed by atoms with Crippen LogP contribution in [-0.2, 0) is 26.0 Å². The fraction of sp³-hybridized carbons (Fsp3) is 0.167. The molecule has 1 aromatic carbocycles. The molecule has 0 atom stereocenters. The minimum Gasteiger partial charge on any atom is -0.478 e. The fourth-order valence-electron chi connectivity index (χ4n) is 1.38. The number of hydrogen-bond acceptors (Lipinski definition) is 4. The third-order valence-corrected chi connectivity index (χ3v) is 3.27. The number of nitrogens with two attached hydrogens (primary N) is 1. The quantitative estimate of drug-likeness (QED) is 0.618. The maximum atomic E-state index is 11.2. The summed E-state index contributed by atoms with van der Waals surface area (Å²) in [4.78, 5) is 21.4. The number of carbonyl (C=O) groups is 2. The zero-order valence-corrected chi connectivity index (χ0v) is 11.3. The molecule has 8 heteroatoms. The Labute approximate surface area is 116 Å². The molecule has 0 saturated heterocycles. The summed E-state index contributed by atoms with van der Waals surface area (Å²) in [5.74, 6) is -1.70. The Morgan fingerprint density at radius 2 is 1.80 bits per heavy atom. The Bertz CT molecular complexity index is 620. The van der Waals surface area contributed by atoms with E-state index in [1.807, 2.05) is 0 Å². The molecule has 0 aliphatic rings. The van der Waals surface area contributed by atoms with E-state index in [-0.39, 0.29) is 4.90 Å². The first kappa shape index (κ1) is 15.9. The predicted octanol–water partition coefficient (Wildman–Crippen LogP) is -0.367. The molecule has 7 nitrogen and oxygen atoms in total. The average molecular weight is 298 g/mol. The van der Waals surface area contributed by atoms with Gasteiger partial charge in [-0.15, -0.1) is 0 Å². The normalized spacial score (nSPS) is 11.4. The lowest BCUT2D eigenvalue weighted by molar-refractivity contribution is -0.131. The first-order valence-corrected chi connectivity index (χ1v) is 7.14. The lowest BCUT2D eigenvalue weighted by Gasteiger charge is -2.04. The molecule has 0 fully saturated rings. The molecule has 0 radical (unpaired) electrons. The number of carboxylic acids is 1. The van der Waals surface area contributed by atoms with Crippen LogP contribution in [0.3, 0.4) is 0 Å². The smallest absolute Gasteiger partial charge is 0.328 e. The van der Waals surface area contributed by atoms with Gasteiger partial charge < -0.3 is 10.4 Å². The fourth-order valence-corrected chi connectivity index (χ4v) is 1.90. The predicted molar refractivity (Wildman–Crippen MR) is 71.3 cm³/mol. The number of rotatable bonds is 6. The minimum atomic E-state index is -3.70. The van der Waals surface area contributed by atoms with Crippen molar-refractivity contribution in [2.45, 2.75) is 11.3 Å². The van der Waals surface area contributed by atoms with Gasteiger partial charge in [-0.2, -0.15) is 0 Å². The molecule has 1 aromatic rings. The molecule has 0 heterocycles. The summed E-state index contributed by atoms with van der Waals surface area (Å²) >= 11 is 0. The topological polar surface area (TPSA) is 127 Å². The number of benzene rings is 1.